The first-order valence-corrected chi connectivity index (χ1v) is 7.00. The molecule has 2 aromatic rings. The lowest BCUT2D eigenvalue weighted by molar-refractivity contribution is 0.0871. The Labute approximate surface area is 124 Å². The third kappa shape index (κ3) is 4.26. The standard InChI is InChI=1S/C15H22N4O2/c1-11-6-5-7-13(8-11)21-10-12(20)9-19-14(15(2,3)4)16-17-18-19/h5-8,12,20H,9-10H2,1-4H3. The molecule has 21 heavy (non-hydrogen) atoms. The molecule has 1 aromatic carbocycles. The molecule has 0 aliphatic carbocycles. The van der Waals surface area contributed by atoms with Crippen molar-refractivity contribution in [3.05, 3.63) is 35.7 Å². The molecule has 1 unspecified atom stereocenters. The largest absolute Gasteiger partial charge is 0.491 e. The lowest BCUT2D eigenvalue weighted by Gasteiger charge is -2.19. The summed E-state index contributed by atoms with van der Waals surface area (Å²) in [6, 6.07) is 7.73. The van der Waals surface area contributed by atoms with Crippen LogP contribution in [0.3, 0.4) is 0 Å². The number of aryl methyl sites for hydroxylation is 1. The summed E-state index contributed by atoms with van der Waals surface area (Å²) in [4.78, 5) is 0. The maximum Gasteiger partial charge on any atom is 0.156 e. The number of aliphatic hydroxyl groups excluding tert-OH is 1. The van der Waals surface area contributed by atoms with E-state index in [-0.39, 0.29) is 12.0 Å². The van der Waals surface area contributed by atoms with Gasteiger partial charge in [0, 0.05) is 5.41 Å². The van der Waals surface area contributed by atoms with Crippen molar-refractivity contribution in [2.24, 2.45) is 0 Å². The molecule has 6 nitrogen and oxygen atoms in total. The highest BCUT2D eigenvalue weighted by atomic mass is 16.5. The minimum atomic E-state index is -0.671. The molecular formula is C15H22N4O2. The van der Waals surface area contributed by atoms with Gasteiger partial charge in [0.2, 0.25) is 0 Å². The third-order valence-electron chi connectivity index (χ3n) is 3.02. The molecule has 1 heterocycles. The van der Waals surface area contributed by atoms with E-state index in [0.717, 1.165) is 17.1 Å². The Kier molecular flexibility index (Phi) is 4.57. The van der Waals surface area contributed by atoms with Crippen molar-refractivity contribution in [2.45, 2.75) is 45.8 Å². The molecule has 6 heteroatoms. The van der Waals surface area contributed by atoms with Gasteiger partial charge in [-0.2, -0.15) is 0 Å². The van der Waals surface area contributed by atoms with Crippen molar-refractivity contribution in [3.8, 4) is 5.75 Å². The number of benzene rings is 1. The number of nitrogens with zero attached hydrogens (tertiary/aromatic N) is 4. The number of ether oxygens (including phenoxy) is 1. The van der Waals surface area contributed by atoms with Gasteiger partial charge < -0.3 is 9.84 Å². The fourth-order valence-electron chi connectivity index (χ4n) is 2.01. The van der Waals surface area contributed by atoms with Crippen molar-refractivity contribution in [1.29, 1.82) is 0 Å². The third-order valence-corrected chi connectivity index (χ3v) is 3.02. The Hall–Kier alpha value is -1.95. The lowest BCUT2D eigenvalue weighted by atomic mass is 9.96. The zero-order valence-electron chi connectivity index (χ0n) is 12.9. The van der Waals surface area contributed by atoms with E-state index in [1.54, 1.807) is 4.68 Å². The second-order valence-electron chi connectivity index (χ2n) is 6.22. The Morgan fingerprint density at radius 1 is 1.33 bits per heavy atom. The van der Waals surface area contributed by atoms with Crippen molar-refractivity contribution in [3.63, 3.8) is 0 Å². The van der Waals surface area contributed by atoms with E-state index in [4.69, 9.17) is 4.74 Å². The zero-order chi connectivity index (χ0) is 15.5. The minimum absolute atomic E-state index is 0.166. The van der Waals surface area contributed by atoms with E-state index in [9.17, 15) is 5.11 Å². The minimum Gasteiger partial charge on any atom is -0.491 e. The summed E-state index contributed by atoms with van der Waals surface area (Å²) in [6.07, 6.45) is -0.671. The molecule has 1 atom stereocenters. The highest BCUT2D eigenvalue weighted by Gasteiger charge is 2.23. The predicted molar refractivity (Wildman–Crippen MR) is 79.2 cm³/mol. The summed E-state index contributed by atoms with van der Waals surface area (Å²) in [6.45, 7) is 8.61. The quantitative estimate of drug-likeness (QED) is 0.907. The Morgan fingerprint density at radius 3 is 2.76 bits per heavy atom. The number of hydrogen-bond donors (Lipinski definition) is 1. The highest BCUT2D eigenvalue weighted by molar-refractivity contribution is 5.27. The van der Waals surface area contributed by atoms with Crippen molar-refractivity contribution in [1.82, 2.24) is 20.2 Å². The predicted octanol–water partition coefficient (Wildman–Crippen LogP) is 1.72. The molecule has 0 amide bonds. The first-order chi connectivity index (χ1) is 9.86. The first kappa shape index (κ1) is 15.4. The maximum absolute atomic E-state index is 10.1. The average molecular weight is 290 g/mol. The van der Waals surface area contributed by atoms with Crippen LogP contribution in [0.4, 0.5) is 0 Å². The summed E-state index contributed by atoms with van der Waals surface area (Å²) in [5.41, 5.74) is 0.957. The fourth-order valence-corrected chi connectivity index (χ4v) is 2.01. The van der Waals surface area contributed by atoms with E-state index in [1.165, 1.54) is 0 Å². The number of aromatic nitrogens is 4. The molecule has 0 fully saturated rings. The van der Waals surface area contributed by atoms with Gasteiger partial charge in [-0.3, -0.25) is 0 Å². The summed E-state index contributed by atoms with van der Waals surface area (Å²) < 4.78 is 7.22. The van der Waals surface area contributed by atoms with Gasteiger partial charge in [-0.05, 0) is 35.0 Å². The molecule has 0 radical (unpaired) electrons. The van der Waals surface area contributed by atoms with Gasteiger partial charge in [0.15, 0.2) is 5.82 Å². The molecule has 0 bridgehead atoms. The van der Waals surface area contributed by atoms with Crippen LogP contribution >= 0.6 is 0 Å². The van der Waals surface area contributed by atoms with Gasteiger partial charge in [-0.25, -0.2) is 4.68 Å². The molecule has 0 aliphatic heterocycles. The second kappa shape index (κ2) is 6.22. The topological polar surface area (TPSA) is 73.1 Å². The smallest absolute Gasteiger partial charge is 0.156 e. The monoisotopic (exact) mass is 290 g/mol. The average Bonchev–Trinajstić information content (AvgIpc) is 2.84. The molecule has 0 saturated carbocycles. The first-order valence-electron chi connectivity index (χ1n) is 7.00. The summed E-state index contributed by atoms with van der Waals surface area (Å²) in [7, 11) is 0. The Bertz CT molecular complexity index is 589. The second-order valence-corrected chi connectivity index (χ2v) is 6.22. The number of aliphatic hydroxyl groups is 1. The number of tetrazole rings is 1. The van der Waals surface area contributed by atoms with Crippen LogP contribution in [-0.2, 0) is 12.0 Å². The van der Waals surface area contributed by atoms with Crippen LogP contribution in [0.15, 0.2) is 24.3 Å². The van der Waals surface area contributed by atoms with Crippen molar-refractivity contribution < 1.29 is 9.84 Å². The summed E-state index contributed by atoms with van der Waals surface area (Å²) in [5.74, 6) is 1.50. The molecule has 0 saturated heterocycles. The van der Waals surface area contributed by atoms with E-state index in [2.05, 4.69) is 15.5 Å². The van der Waals surface area contributed by atoms with Crippen molar-refractivity contribution in [2.75, 3.05) is 6.61 Å². The van der Waals surface area contributed by atoms with Gasteiger partial charge in [0.1, 0.15) is 18.5 Å². The van der Waals surface area contributed by atoms with E-state index in [0.29, 0.717) is 6.54 Å². The SMILES string of the molecule is Cc1cccc(OCC(O)Cn2nnnc2C(C)(C)C)c1. The van der Waals surface area contributed by atoms with Gasteiger partial charge in [0.25, 0.3) is 0 Å². The summed E-state index contributed by atoms with van der Waals surface area (Å²) in [5, 5.41) is 21.7. The van der Waals surface area contributed by atoms with Crippen molar-refractivity contribution >= 4 is 0 Å². The Balaban J connectivity index is 1.93. The van der Waals surface area contributed by atoms with Crippen LogP contribution in [0.2, 0.25) is 0 Å². The molecule has 1 N–H and O–H groups in total. The van der Waals surface area contributed by atoms with Crippen LogP contribution in [0.5, 0.6) is 5.75 Å². The van der Waals surface area contributed by atoms with Crippen LogP contribution < -0.4 is 4.74 Å². The van der Waals surface area contributed by atoms with E-state index < -0.39 is 6.10 Å². The van der Waals surface area contributed by atoms with Gasteiger partial charge in [-0.1, -0.05) is 32.9 Å². The molecule has 0 aliphatic rings. The molecule has 1 aromatic heterocycles. The zero-order valence-corrected chi connectivity index (χ0v) is 12.9. The number of hydrogen-bond acceptors (Lipinski definition) is 5. The Morgan fingerprint density at radius 2 is 2.10 bits per heavy atom. The van der Waals surface area contributed by atoms with Crippen LogP contribution in [0, 0.1) is 6.92 Å². The normalized spacial score (nSPS) is 13.2. The lowest BCUT2D eigenvalue weighted by Crippen LogP contribution is -2.28. The van der Waals surface area contributed by atoms with E-state index in [1.807, 2.05) is 52.0 Å². The van der Waals surface area contributed by atoms with Gasteiger partial charge >= 0.3 is 0 Å². The number of rotatable bonds is 5. The highest BCUT2D eigenvalue weighted by Crippen LogP contribution is 2.19. The maximum atomic E-state index is 10.1. The van der Waals surface area contributed by atoms with Crippen LogP contribution in [0.1, 0.15) is 32.2 Å². The molecule has 0 spiro atoms. The van der Waals surface area contributed by atoms with E-state index >= 15 is 0 Å². The summed E-state index contributed by atoms with van der Waals surface area (Å²) >= 11 is 0. The molecule has 2 rings (SSSR count). The van der Waals surface area contributed by atoms with Crippen LogP contribution in [-0.4, -0.2) is 38.0 Å². The molecular weight excluding hydrogens is 268 g/mol. The molecule has 114 valence electrons. The fraction of sp³-hybridized carbons (Fsp3) is 0.533. The van der Waals surface area contributed by atoms with Crippen LogP contribution in [0.25, 0.3) is 0 Å². The van der Waals surface area contributed by atoms with Gasteiger partial charge in [-0.15, -0.1) is 5.10 Å². The van der Waals surface area contributed by atoms with Gasteiger partial charge in [0.05, 0.1) is 6.54 Å².